The van der Waals surface area contributed by atoms with Crippen LogP contribution in [0.25, 0.3) is 0 Å². The van der Waals surface area contributed by atoms with Crippen molar-refractivity contribution in [1.29, 1.82) is 5.26 Å². The van der Waals surface area contributed by atoms with Crippen LogP contribution in [0.15, 0.2) is 46.9 Å². The molecule has 0 aliphatic carbocycles. The Kier molecular flexibility index (Phi) is 4.36. The number of rotatable bonds is 3. The zero-order chi connectivity index (χ0) is 15.4. The first-order chi connectivity index (χ1) is 10.0. The number of nitrogens with zero attached hydrogens (tertiary/aromatic N) is 1. The summed E-state index contributed by atoms with van der Waals surface area (Å²) in [7, 11) is 0. The molecule has 104 valence electrons. The van der Waals surface area contributed by atoms with Crippen LogP contribution in [0.2, 0.25) is 0 Å². The number of hydrogen-bond acceptors (Lipinski definition) is 3. The summed E-state index contributed by atoms with van der Waals surface area (Å²) >= 11 is 3.28. The second kappa shape index (κ2) is 6.20. The molecule has 0 aliphatic heterocycles. The molecule has 0 heterocycles. The lowest BCUT2D eigenvalue weighted by Crippen LogP contribution is -2.12. The van der Waals surface area contributed by atoms with Crippen molar-refractivity contribution in [3.8, 4) is 6.07 Å². The largest absolute Gasteiger partial charge is 0.478 e. The SMILES string of the molecule is N#Cc1ccc(NC(=O)c2ccc(C(=O)O)cc2)c(Br)c1. The van der Waals surface area contributed by atoms with Crippen molar-refractivity contribution in [2.45, 2.75) is 0 Å². The molecule has 2 aromatic rings. The highest BCUT2D eigenvalue weighted by Gasteiger charge is 2.10. The number of aromatic carboxylic acids is 1. The van der Waals surface area contributed by atoms with E-state index in [0.717, 1.165) is 0 Å². The molecule has 2 N–H and O–H groups in total. The molecule has 5 nitrogen and oxygen atoms in total. The van der Waals surface area contributed by atoms with Crippen LogP contribution in [0.1, 0.15) is 26.3 Å². The third kappa shape index (κ3) is 3.46. The molecular formula is C15H9BrN2O3. The van der Waals surface area contributed by atoms with E-state index in [1.54, 1.807) is 18.2 Å². The van der Waals surface area contributed by atoms with E-state index in [1.165, 1.54) is 24.3 Å². The van der Waals surface area contributed by atoms with Crippen molar-refractivity contribution in [2.75, 3.05) is 5.32 Å². The van der Waals surface area contributed by atoms with Crippen LogP contribution in [-0.4, -0.2) is 17.0 Å². The van der Waals surface area contributed by atoms with Crippen molar-refractivity contribution in [3.05, 3.63) is 63.6 Å². The first-order valence-electron chi connectivity index (χ1n) is 5.85. The van der Waals surface area contributed by atoms with Gasteiger partial charge in [0.15, 0.2) is 0 Å². The fourth-order valence-corrected chi connectivity index (χ4v) is 2.12. The monoisotopic (exact) mass is 344 g/mol. The van der Waals surface area contributed by atoms with Crippen LogP contribution in [0.4, 0.5) is 5.69 Å². The summed E-state index contributed by atoms with van der Waals surface area (Å²) < 4.78 is 0.594. The van der Waals surface area contributed by atoms with Gasteiger partial charge in [-0.25, -0.2) is 4.79 Å². The van der Waals surface area contributed by atoms with Crippen LogP contribution in [0, 0.1) is 11.3 Å². The second-order valence-electron chi connectivity index (χ2n) is 4.14. The molecule has 0 aromatic heterocycles. The Morgan fingerprint density at radius 2 is 1.71 bits per heavy atom. The average Bonchev–Trinajstić information content (AvgIpc) is 2.49. The number of carbonyl (C=O) groups excluding carboxylic acids is 1. The maximum Gasteiger partial charge on any atom is 0.335 e. The van der Waals surface area contributed by atoms with Crippen LogP contribution >= 0.6 is 15.9 Å². The van der Waals surface area contributed by atoms with Crippen molar-refractivity contribution in [3.63, 3.8) is 0 Å². The summed E-state index contributed by atoms with van der Waals surface area (Å²) in [5, 5.41) is 20.3. The summed E-state index contributed by atoms with van der Waals surface area (Å²) in [5.74, 6) is -1.41. The Hall–Kier alpha value is -2.65. The van der Waals surface area contributed by atoms with E-state index in [-0.39, 0.29) is 11.5 Å². The minimum Gasteiger partial charge on any atom is -0.478 e. The minimum absolute atomic E-state index is 0.117. The number of benzene rings is 2. The summed E-state index contributed by atoms with van der Waals surface area (Å²) in [4.78, 5) is 22.8. The Morgan fingerprint density at radius 1 is 1.10 bits per heavy atom. The molecule has 6 heteroatoms. The van der Waals surface area contributed by atoms with Gasteiger partial charge in [0.1, 0.15) is 0 Å². The van der Waals surface area contributed by atoms with Crippen LogP contribution in [-0.2, 0) is 0 Å². The smallest absolute Gasteiger partial charge is 0.335 e. The second-order valence-corrected chi connectivity index (χ2v) is 5.00. The van der Waals surface area contributed by atoms with Crippen LogP contribution in [0.5, 0.6) is 0 Å². The van der Waals surface area contributed by atoms with Gasteiger partial charge in [0.05, 0.1) is 22.9 Å². The predicted octanol–water partition coefficient (Wildman–Crippen LogP) is 3.27. The molecule has 0 spiro atoms. The number of halogens is 1. The molecule has 0 saturated heterocycles. The highest BCUT2D eigenvalue weighted by molar-refractivity contribution is 9.10. The summed E-state index contributed by atoms with van der Waals surface area (Å²) in [6.45, 7) is 0. The van der Waals surface area contributed by atoms with Crippen LogP contribution in [0.3, 0.4) is 0 Å². The van der Waals surface area contributed by atoms with Gasteiger partial charge in [-0.15, -0.1) is 0 Å². The first kappa shape index (κ1) is 14.8. The van der Waals surface area contributed by atoms with E-state index in [0.29, 0.717) is 21.3 Å². The van der Waals surface area contributed by atoms with Gasteiger partial charge >= 0.3 is 5.97 Å². The van der Waals surface area contributed by atoms with E-state index in [4.69, 9.17) is 10.4 Å². The summed E-state index contributed by atoms with van der Waals surface area (Å²) in [5.41, 5.74) is 1.47. The standard InChI is InChI=1S/C15H9BrN2O3/c16-12-7-9(8-17)1-6-13(12)18-14(19)10-2-4-11(5-3-10)15(20)21/h1-7H,(H,18,19)(H,20,21). The number of carboxylic acids is 1. The molecule has 2 aromatic carbocycles. The van der Waals surface area contributed by atoms with Crippen LogP contribution < -0.4 is 5.32 Å². The fraction of sp³-hybridized carbons (Fsp3) is 0. The predicted molar refractivity (Wildman–Crippen MR) is 80.2 cm³/mol. The van der Waals surface area contributed by atoms with E-state index >= 15 is 0 Å². The number of amides is 1. The Labute approximate surface area is 129 Å². The topological polar surface area (TPSA) is 90.2 Å². The van der Waals surface area contributed by atoms with Gasteiger partial charge in [-0.1, -0.05) is 0 Å². The quantitative estimate of drug-likeness (QED) is 0.893. The summed E-state index contributed by atoms with van der Waals surface area (Å²) in [6, 6.07) is 12.4. The first-order valence-corrected chi connectivity index (χ1v) is 6.65. The molecule has 0 bridgehead atoms. The molecular weight excluding hydrogens is 336 g/mol. The highest BCUT2D eigenvalue weighted by atomic mass is 79.9. The average molecular weight is 345 g/mol. The van der Waals surface area contributed by atoms with E-state index < -0.39 is 5.97 Å². The molecule has 2 rings (SSSR count). The number of nitrogens with one attached hydrogen (secondary N) is 1. The van der Waals surface area contributed by atoms with Gasteiger partial charge in [0.25, 0.3) is 5.91 Å². The van der Waals surface area contributed by atoms with Gasteiger partial charge in [-0.05, 0) is 58.4 Å². The van der Waals surface area contributed by atoms with E-state index in [1.807, 2.05) is 6.07 Å². The number of anilines is 1. The molecule has 0 saturated carbocycles. The lowest BCUT2D eigenvalue weighted by Gasteiger charge is -2.08. The molecule has 0 fully saturated rings. The van der Waals surface area contributed by atoms with Gasteiger partial charge in [0, 0.05) is 10.0 Å². The molecule has 0 unspecified atom stereocenters. The summed E-state index contributed by atoms with van der Waals surface area (Å²) in [6.07, 6.45) is 0. The third-order valence-electron chi connectivity index (χ3n) is 2.74. The van der Waals surface area contributed by atoms with Gasteiger partial charge in [-0.2, -0.15) is 5.26 Å². The molecule has 0 aliphatic rings. The Morgan fingerprint density at radius 3 is 2.24 bits per heavy atom. The Bertz CT molecular complexity index is 749. The molecule has 0 atom stereocenters. The zero-order valence-electron chi connectivity index (χ0n) is 10.6. The molecule has 1 amide bonds. The van der Waals surface area contributed by atoms with Crippen molar-refractivity contribution >= 4 is 33.5 Å². The fourth-order valence-electron chi connectivity index (χ4n) is 1.64. The van der Waals surface area contributed by atoms with Gasteiger partial charge < -0.3 is 10.4 Å². The zero-order valence-corrected chi connectivity index (χ0v) is 12.2. The van der Waals surface area contributed by atoms with Gasteiger partial charge in [-0.3, -0.25) is 4.79 Å². The number of hydrogen-bond donors (Lipinski definition) is 2. The van der Waals surface area contributed by atoms with Gasteiger partial charge in [0.2, 0.25) is 0 Å². The minimum atomic E-state index is -1.04. The Balaban J connectivity index is 2.18. The molecule has 0 radical (unpaired) electrons. The maximum absolute atomic E-state index is 12.1. The maximum atomic E-state index is 12.1. The molecule has 21 heavy (non-hydrogen) atoms. The lowest BCUT2D eigenvalue weighted by molar-refractivity contribution is 0.0696. The third-order valence-corrected chi connectivity index (χ3v) is 3.40. The lowest BCUT2D eigenvalue weighted by atomic mass is 10.1. The normalized spacial score (nSPS) is 9.71. The number of carbonyl (C=O) groups is 2. The van der Waals surface area contributed by atoms with Crippen molar-refractivity contribution < 1.29 is 14.7 Å². The van der Waals surface area contributed by atoms with E-state index in [9.17, 15) is 9.59 Å². The van der Waals surface area contributed by atoms with Crippen molar-refractivity contribution in [1.82, 2.24) is 0 Å². The highest BCUT2D eigenvalue weighted by Crippen LogP contribution is 2.24. The number of nitriles is 1. The van der Waals surface area contributed by atoms with Crippen molar-refractivity contribution in [2.24, 2.45) is 0 Å². The number of carboxylic acid groups (broad SMARTS) is 1. The van der Waals surface area contributed by atoms with E-state index in [2.05, 4.69) is 21.2 Å².